The zero-order valence-electron chi connectivity index (χ0n) is 12.0. The van der Waals surface area contributed by atoms with E-state index in [-0.39, 0.29) is 11.8 Å². The molecule has 0 unspecified atom stereocenters. The van der Waals surface area contributed by atoms with Gasteiger partial charge in [-0.15, -0.1) is 0 Å². The molecule has 1 N–H and O–H groups in total. The second-order valence-corrected chi connectivity index (χ2v) is 5.27. The van der Waals surface area contributed by atoms with E-state index in [2.05, 4.69) is 5.32 Å². The standard InChI is InChI=1S/C14H20N2O3/c1-14(2,3)13(18)15-11-8-6-7-10(9-11)12(17)16(4)19-5/h6-9H,1-5H3,(H,15,18). The fraction of sp³-hybridized carbons (Fsp3) is 0.429. The number of anilines is 1. The predicted molar refractivity (Wildman–Crippen MR) is 73.6 cm³/mol. The molecule has 0 bridgehead atoms. The third-order valence-corrected chi connectivity index (χ3v) is 2.61. The van der Waals surface area contributed by atoms with Crippen LogP contribution in [0.4, 0.5) is 5.69 Å². The van der Waals surface area contributed by atoms with Crippen molar-refractivity contribution in [2.75, 3.05) is 19.5 Å². The van der Waals surface area contributed by atoms with E-state index in [1.54, 1.807) is 24.3 Å². The Balaban J connectivity index is 2.89. The summed E-state index contributed by atoms with van der Waals surface area (Å²) in [5.41, 5.74) is 0.565. The number of carbonyl (C=O) groups is 2. The van der Waals surface area contributed by atoms with Gasteiger partial charge < -0.3 is 5.32 Å². The smallest absolute Gasteiger partial charge is 0.277 e. The van der Waals surface area contributed by atoms with Crippen LogP contribution in [0.1, 0.15) is 31.1 Å². The number of amides is 2. The van der Waals surface area contributed by atoms with Gasteiger partial charge in [0.05, 0.1) is 7.11 Å². The van der Waals surface area contributed by atoms with Crippen molar-refractivity contribution in [1.29, 1.82) is 0 Å². The van der Waals surface area contributed by atoms with Crippen molar-refractivity contribution >= 4 is 17.5 Å². The van der Waals surface area contributed by atoms with Gasteiger partial charge >= 0.3 is 0 Å². The van der Waals surface area contributed by atoms with E-state index in [0.717, 1.165) is 5.06 Å². The normalized spacial score (nSPS) is 11.0. The highest BCUT2D eigenvalue weighted by atomic mass is 16.7. The quantitative estimate of drug-likeness (QED) is 0.852. The summed E-state index contributed by atoms with van der Waals surface area (Å²) >= 11 is 0. The van der Waals surface area contributed by atoms with E-state index in [0.29, 0.717) is 11.3 Å². The Kier molecular flexibility index (Phi) is 4.67. The van der Waals surface area contributed by atoms with Crippen LogP contribution in [-0.2, 0) is 9.63 Å². The molecule has 0 radical (unpaired) electrons. The molecule has 1 aromatic carbocycles. The first-order valence-corrected chi connectivity index (χ1v) is 5.99. The highest BCUT2D eigenvalue weighted by molar-refractivity contribution is 5.98. The van der Waals surface area contributed by atoms with Crippen LogP contribution in [0.2, 0.25) is 0 Å². The number of hydrogen-bond acceptors (Lipinski definition) is 3. The number of nitrogens with zero attached hydrogens (tertiary/aromatic N) is 1. The van der Waals surface area contributed by atoms with E-state index in [1.165, 1.54) is 14.2 Å². The summed E-state index contributed by atoms with van der Waals surface area (Å²) in [6.07, 6.45) is 0. The predicted octanol–water partition coefficient (Wildman–Crippen LogP) is 2.30. The van der Waals surface area contributed by atoms with E-state index in [9.17, 15) is 9.59 Å². The first kappa shape index (κ1) is 15.2. The van der Waals surface area contributed by atoms with Gasteiger partial charge in [0.2, 0.25) is 5.91 Å². The van der Waals surface area contributed by atoms with Gasteiger partial charge in [0.25, 0.3) is 5.91 Å². The van der Waals surface area contributed by atoms with E-state index in [4.69, 9.17) is 4.84 Å². The van der Waals surface area contributed by atoms with Crippen LogP contribution >= 0.6 is 0 Å². The molecule has 19 heavy (non-hydrogen) atoms. The van der Waals surface area contributed by atoms with Gasteiger partial charge in [-0.1, -0.05) is 26.8 Å². The minimum Gasteiger partial charge on any atom is -0.326 e. The molecule has 0 atom stereocenters. The fourth-order valence-corrected chi connectivity index (χ4v) is 1.31. The second-order valence-electron chi connectivity index (χ2n) is 5.27. The third kappa shape index (κ3) is 4.06. The second kappa shape index (κ2) is 5.84. The number of rotatable bonds is 3. The van der Waals surface area contributed by atoms with Gasteiger partial charge in [0.15, 0.2) is 0 Å². The van der Waals surface area contributed by atoms with Crippen LogP contribution in [0.25, 0.3) is 0 Å². The van der Waals surface area contributed by atoms with Gasteiger partial charge in [0.1, 0.15) is 0 Å². The van der Waals surface area contributed by atoms with Gasteiger partial charge in [0, 0.05) is 23.7 Å². The van der Waals surface area contributed by atoms with Crippen LogP contribution in [0.15, 0.2) is 24.3 Å². The Labute approximate surface area is 113 Å². The van der Waals surface area contributed by atoms with Crippen molar-refractivity contribution in [3.05, 3.63) is 29.8 Å². The van der Waals surface area contributed by atoms with Gasteiger partial charge in [-0.2, -0.15) is 0 Å². The summed E-state index contributed by atoms with van der Waals surface area (Å²) in [5, 5.41) is 3.91. The van der Waals surface area contributed by atoms with Crippen molar-refractivity contribution in [3.63, 3.8) is 0 Å². The lowest BCUT2D eigenvalue weighted by Gasteiger charge is -2.18. The number of hydrogen-bond donors (Lipinski definition) is 1. The summed E-state index contributed by atoms with van der Waals surface area (Å²) in [7, 11) is 2.95. The molecular weight excluding hydrogens is 244 g/mol. The summed E-state index contributed by atoms with van der Waals surface area (Å²) < 4.78 is 0. The average Bonchev–Trinajstić information content (AvgIpc) is 2.36. The lowest BCUT2D eigenvalue weighted by molar-refractivity contribution is -0.123. The Hall–Kier alpha value is -1.88. The molecule has 0 saturated heterocycles. The van der Waals surface area contributed by atoms with Crippen LogP contribution < -0.4 is 5.32 Å². The number of nitrogens with one attached hydrogen (secondary N) is 1. The van der Waals surface area contributed by atoms with Gasteiger partial charge in [-0.25, -0.2) is 5.06 Å². The van der Waals surface area contributed by atoms with Crippen LogP contribution in [0.5, 0.6) is 0 Å². The van der Waals surface area contributed by atoms with Crippen LogP contribution in [0, 0.1) is 5.41 Å². The Bertz CT molecular complexity index is 478. The minimum atomic E-state index is -0.483. The fourth-order valence-electron chi connectivity index (χ4n) is 1.31. The van der Waals surface area contributed by atoms with E-state index < -0.39 is 5.41 Å². The maximum atomic E-state index is 11.9. The van der Waals surface area contributed by atoms with Crippen molar-refractivity contribution in [3.8, 4) is 0 Å². The molecule has 0 spiro atoms. The van der Waals surface area contributed by atoms with Crippen LogP contribution in [-0.4, -0.2) is 31.0 Å². The molecule has 0 saturated carbocycles. The van der Waals surface area contributed by atoms with Gasteiger partial charge in [-0.05, 0) is 18.2 Å². The molecule has 0 aliphatic heterocycles. The van der Waals surface area contributed by atoms with E-state index in [1.807, 2.05) is 20.8 Å². The largest absolute Gasteiger partial charge is 0.326 e. The highest BCUT2D eigenvalue weighted by Crippen LogP contribution is 2.18. The molecular formula is C14H20N2O3. The molecule has 0 aliphatic rings. The van der Waals surface area contributed by atoms with Crippen molar-refractivity contribution < 1.29 is 14.4 Å². The number of carbonyl (C=O) groups excluding carboxylic acids is 2. The summed E-state index contributed by atoms with van der Waals surface area (Å²) in [6, 6.07) is 6.76. The summed E-state index contributed by atoms with van der Waals surface area (Å²) in [4.78, 5) is 28.6. The maximum Gasteiger partial charge on any atom is 0.277 e. The molecule has 5 heteroatoms. The molecule has 2 amide bonds. The topological polar surface area (TPSA) is 58.6 Å². The highest BCUT2D eigenvalue weighted by Gasteiger charge is 2.21. The van der Waals surface area contributed by atoms with Crippen molar-refractivity contribution in [2.45, 2.75) is 20.8 Å². The Morgan fingerprint density at radius 1 is 1.26 bits per heavy atom. The monoisotopic (exact) mass is 264 g/mol. The number of hydroxylamine groups is 2. The average molecular weight is 264 g/mol. The van der Waals surface area contributed by atoms with Crippen LogP contribution in [0.3, 0.4) is 0 Å². The first-order chi connectivity index (χ1) is 8.75. The van der Waals surface area contributed by atoms with Gasteiger partial charge in [-0.3, -0.25) is 14.4 Å². The lowest BCUT2D eigenvalue weighted by atomic mass is 9.95. The Morgan fingerprint density at radius 3 is 2.42 bits per heavy atom. The molecule has 0 aromatic heterocycles. The molecule has 5 nitrogen and oxygen atoms in total. The minimum absolute atomic E-state index is 0.0998. The maximum absolute atomic E-state index is 11.9. The molecule has 0 aliphatic carbocycles. The first-order valence-electron chi connectivity index (χ1n) is 5.99. The molecule has 1 aromatic rings. The third-order valence-electron chi connectivity index (χ3n) is 2.61. The van der Waals surface area contributed by atoms with Crippen molar-refractivity contribution in [1.82, 2.24) is 5.06 Å². The molecule has 104 valence electrons. The van der Waals surface area contributed by atoms with E-state index >= 15 is 0 Å². The van der Waals surface area contributed by atoms with Crippen molar-refractivity contribution in [2.24, 2.45) is 5.41 Å². The summed E-state index contributed by atoms with van der Waals surface area (Å²) in [5.74, 6) is -0.369. The molecule has 0 heterocycles. The summed E-state index contributed by atoms with van der Waals surface area (Å²) in [6.45, 7) is 5.49. The Morgan fingerprint density at radius 2 is 1.89 bits per heavy atom. The molecule has 0 fully saturated rings. The SMILES string of the molecule is CON(C)C(=O)c1cccc(NC(=O)C(C)(C)C)c1. The number of benzene rings is 1. The zero-order valence-corrected chi connectivity index (χ0v) is 12.0. The molecule has 1 rings (SSSR count). The zero-order chi connectivity index (χ0) is 14.6. The lowest BCUT2D eigenvalue weighted by Crippen LogP contribution is -2.28.